The lowest BCUT2D eigenvalue weighted by Crippen LogP contribution is -2.33. The molecule has 2 N–H and O–H groups in total. The van der Waals surface area contributed by atoms with Gasteiger partial charge < -0.3 is 10.6 Å². The second kappa shape index (κ2) is 5.80. The normalized spacial score (nSPS) is 24.7. The molecular weight excluding hydrogens is 352 g/mol. The van der Waals surface area contributed by atoms with Crippen molar-refractivity contribution in [1.29, 1.82) is 0 Å². The molecule has 9 heteroatoms. The van der Waals surface area contributed by atoms with Crippen LogP contribution in [-0.2, 0) is 6.18 Å². The minimum Gasteiger partial charge on any atom is -0.338 e. The Morgan fingerprint density at radius 2 is 1.88 bits per heavy atom. The molecule has 5 nitrogen and oxygen atoms in total. The average molecular weight is 368 g/mol. The highest BCUT2D eigenvalue weighted by Crippen LogP contribution is 2.51. The van der Waals surface area contributed by atoms with Crippen LogP contribution < -0.4 is 5.73 Å². The van der Waals surface area contributed by atoms with Gasteiger partial charge in [-0.25, -0.2) is 9.07 Å². The number of rotatable bonds is 3. The Labute approximate surface area is 146 Å². The molecule has 1 unspecified atom stereocenters. The smallest absolute Gasteiger partial charge is 0.338 e. The molecule has 0 bridgehead atoms. The molecule has 3 atom stereocenters. The van der Waals surface area contributed by atoms with Crippen LogP contribution in [0.25, 0.3) is 5.69 Å². The van der Waals surface area contributed by atoms with Crippen LogP contribution in [0.3, 0.4) is 0 Å². The first-order valence-corrected chi connectivity index (χ1v) is 8.22. The highest BCUT2D eigenvalue weighted by atomic mass is 19.4. The Morgan fingerprint density at radius 3 is 2.46 bits per heavy atom. The SMILES string of the molecule is NCC1[C@H]2CN(C(=O)c3cnn(-c4ccccc4F)c3C(F)(F)F)C[C@@H]12. The number of alkyl halides is 3. The van der Waals surface area contributed by atoms with Crippen molar-refractivity contribution in [3.63, 3.8) is 0 Å². The summed E-state index contributed by atoms with van der Waals surface area (Å²) in [6.07, 6.45) is -3.99. The van der Waals surface area contributed by atoms with Gasteiger partial charge in [0.2, 0.25) is 0 Å². The molecule has 1 saturated carbocycles. The number of carbonyl (C=O) groups is 1. The van der Waals surface area contributed by atoms with E-state index in [-0.39, 0.29) is 17.5 Å². The van der Waals surface area contributed by atoms with Crippen LogP contribution >= 0.6 is 0 Å². The fraction of sp³-hybridized carbons (Fsp3) is 0.412. The number of piperidine rings is 1. The number of benzene rings is 1. The van der Waals surface area contributed by atoms with Crippen LogP contribution in [0.1, 0.15) is 16.1 Å². The number of likely N-dealkylation sites (tertiary alicyclic amines) is 1. The molecule has 138 valence electrons. The van der Waals surface area contributed by atoms with Gasteiger partial charge in [0.1, 0.15) is 11.5 Å². The van der Waals surface area contributed by atoms with Gasteiger partial charge in [-0.3, -0.25) is 4.79 Å². The highest BCUT2D eigenvalue weighted by Gasteiger charge is 2.56. The average Bonchev–Trinajstić information content (AvgIpc) is 2.96. The zero-order chi connectivity index (χ0) is 18.6. The standard InChI is InChI=1S/C17H16F4N4O/c18-13-3-1-2-4-14(13)25-15(17(19,20)21)10(6-23-25)16(26)24-7-11-9(5-22)12(11)8-24/h1-4,6,9,11-12H,5,7-8,22H2/t9?,11-,12+. The van der Waals surface area contributed by atoms with Crippen molar-refractivity contribution in [2.45, 2.75) is 6.18 Å². The molecule has 0 radical (unpaired) electrons. The van der Waals surface area contributed by atoms with Crippen molar-refractivity contribution in [3.8, 4) is 5.69 Å². The van der Waals surface area contributed by atoms with E-state index >= 15 is 0 Å². The van der Waals surface area contributed by atoms with Gasteiger partial charge in [0.15, 0.2) is 5.69 Å². The van der Waals surface area contributed by atoms with Gasteiger partial charge in [-0.05, 0) is 36.4 Å². The summed E-state index contributed by atoms with van der Waals surface area (Å²) in [5, 5.41) is 3.66. The van der Waals surface area contributed by atoms with Crippen molar-refractivity contribution in [1.82, 2.24) is 14.7 Å². The number of aromatic nitrogens is 2. The number of carbonyl (C=O) groups excluding carboxylic acids is 1. The topological polar surface area (TPSA) is 64.2 Å². The van der Waals surface area contributed by atoms with Gasteiger partial charge in [0, 0.05) is 13.1 Å². The van der Waals surface area contributed by atoms with E-state index in [0.29, 0.717) is 30.2 Å². The molecule has 1 aromatic carbocycles. The van der Waals surface area contributed by atoms with E-state index in [4.69, 9.17) is 5.73 Å². The molecule has 1 aliphatic carbocycles. The molecule has 1 aromatic heterocycles. The summed E-state index contributed by atoms with van der Waals surface area (Å²) in [5.74, 6) is -0.710. The molecule has 1 aliphatic heterocycles. The van der Waals surface area contributed by atoms with E-state index in [1.165, 1.54) is 23.1 Å². The molecule has 2 aliphatic rings. The van der Waals surface area contributed by atoms with Crippen molar-refractivity contribution < 1.29 is 22.4 Å². The lowest BCUT2D eigenvalue weighted by molar-refractivity contribution is -0.143. The third-order valence-electron chi connectivity index (χ3n) is 5.28. The van der Waals surface area contributed by atoms with Crippen LogP contribution in [0, 0.1) is 23.6 Å². The molecule has 1 amide bonds. The number of nitrogens with two attached hydrogens (primary N) is 1. The molecule has 1 saturated heterocycles. The molecule has 0 spiro atoms. The minimum atomic E-state index is -4.85. The largest absolute Gasteiger partial charge is 0.434 e. The fourth-order valence-electron chi connectivity index (χ4n) is 3.92. The van der Waals surface area contributed by atoms with Crippen molar-refractivity contribution >= 4 is 5.91 Å². The third-order valence-corrected chi connectivity index (χ3v) is 5.28. The Morgan fingerprint density at radius 1 is 1.23 bits per heavy atom. The number of hydrogen-bond acceptors (Lipinski definition) is 3. The lowest BCUT2D eigenvalue weighted by Gasteiger charge is -2.20. The van der Waals surface area contributed by atoms with Gasteiger partial charge in [0.05, 0.1) is 11.8 Å². The maximum absolute atomic E-state index is 14.0. The van der Waals surface area contributed by atoms with Gasteiger partial charge in [-0.15, -0.1) is 0 Å². The number of nitrogens with zero attached hydrogens (tertiary/aromatic N) is 3. The van der Waals surface area contributed by atoms with E-state index in [2.05, 4.69) is 5.10 Å². The number of amides is 1. The molecule has 2 heterocycles. The molecule has 26 heavy (non-hydrogen) atoms. The van der Waals surface area contributed by atoms with Gasteiger partial charge in [-0.2, -0.15) is 18.3 Å². The van der Waals surface area contributed by atoms with Gasteiger partial charge >= 0.3 is 6.18 Å². The first-order valence-electron chi connectivity index (χ1n) is 8.22. The predicted molar refractivity (Wildman–Crippen MR) is 84.0 cm³/mol. The maximum atomic E-state index is 14.0. The maximum Gasteiger partial charge on any atom is 0.434 e. The van der Waals surface area contributed by atoms with E-state index < -0.39 is 29.2 Å². The Hall–Kier alpha value is -2.42. The highest BCUT2D eigenvalue weighted by molar-refractivity contribution is 5.95. The summed E-state index contributed by atoms with van der Waals surface area (Å²) in [5.41, 5.74) is 3.44. The summed E-state index contributed by atoms with van der Waals surface area (Å²) < 4.78 is 55.3. The second-order valence-electron chi connectivity index (χ2n) is 6.71. The zero-order valence-corrected chi connectivity index (χ0v) is 13.6. The zero-order valence-electron chi connectivity index (χ0n) is 13.6. The number of halogens is 4. The number of hydrogen-bond donors (Lipinski definition) is 1. The van der Waals surface area contributed by atoms with E-state index in [9.17, 15) is 22.4 Å². The van der Waals surface area contributed by atoms with Crippen LogP contribution in [0.2, 0.25) is 0 Å². The summed E-state index contributed by atoms with van der Waals surface area (Å²) >= 11 is 0. The van der Waals surface area contributed by atoms with Gasteiger partial charge in [0.25, 0.3) is 5.91 Å². The van der Waals surface area contributed by atoms with Crippen LogP contribution in [-0.4, -0.2) is 40.2 Å². The van der Waals surface area contributed by atoms with Crippen molar-refractivity contribution in [2.75, 3.05) is 19.6 Å². The fourth-order valence-corrected chi connectivity index (χ4v) is 3.92. The van der Waals surface area contributed by atoms with Gasteiger partial charge in [-0.1, -0.05) is 12.1 Å². The summed E-state index contributed by atoms with van der Waals surface area (Å²) in [6, 6.07) is 5.00. The van der Waals surface area contributed by atoms with Crippen LogP contribution in [0.15, 0.2) is 30.5 Å². The molecule has 4 rings (SSSR count). The number of para-hydroxylation sites is 1. The molecule has 2 aromatic rings. The van der Waals surface area contributed by atoms with E-state index in [1.54, 1.807) is 0 Å². The van der Waals surface area contributed by atoms with E-state index in [1.807, 2.05) is 0 Å². The summed E-state index contributed by atoms with van der Waals surface area (Å²) in [7, 11) is 0. The monoisotopic (exact) mass is 368 g/mol. The Balaban J connectivity index is 1.69. The first-order chi connectivity index (χ1) is 12.3. The van der Waals surface area contributed by atoms with E-state index in [0.717, 1.165) is 12.3 Å². The van der Waals surface area contributed by atoms with Crippen LogP contribution in [0.5, 0.6) is 0 Å². The minimum absolute atomic E-state index is 0.264. The van der Waals surface area contributed by atoms with Crippen molar-refractivity contribution in [3.05, 3.63) is 47.5 Å². The number of fused-ring (bicyclic) bond motifs is 1. The quantitative estimate of drug-likeness (QED) is 0.846. The third kappa shape index (κ3) is 2.57. The Bertz CT molecular complexity index is 851. The molecule has 2 fully saturated rings. The lowest BCUT2D eigenvalue weighted by atomic mass is 10.2. The summed E-state index contributed by atoms with van der Waals surface area (Å²) in [6.45, 7) is 1.32. The second-order valence-corrected chi connectivity index (χ2v) is 6.71. The summed E-state index contributed by atoms with van der Waals surface area (Å²) in [4.78, 5) is 14.1. The predicted octanol–water partition coefficient (Wildman–Crippen LogP) is 2.31. The Kier molecular flexibility index (Phi) is 3.80. The molecular formula is C17H16F4N4O. The first kappa shape index (κ1) is 17.0. The van der Waals surface area contributed by atoms with Crippen molar-refractivity contribution in [2.24, 2.45) is 23.5 Å². The van der Waals surface area contributed by atoms with Crippen LogP contribution in [0.4, 0.5) is 17.6 Å².